The largest absolute Gasteiger partial charge is 0.496 e. The van der Waals surface area contributed by atoms with Crippen molar-refractivity contribution >= 4 is 0 Å². The van der Waals surface area contributed by atoms with Crippen LogP contribution in [0.3, 0.4) is 0 Å². The van der Waals surface area contributed by atoms with Gasteiger partial charge in [0.1, 0.15) is 5.75 Å². The third-order valence-corrected chi connectivity index (χ3v) is 2.07. The molecule has 0 spiro atoms. The molecule has 2 rings (SSSR count). The number of hydrogen-bond donors (Lipinski definition) is 0. The van der Waals surface area contributed by atoms with E-state index in [1.54, 1.807) is 19.2 Å². The molecule has 0 amide bonds. The third kappa shape index (κ3) is 1.23. The number of nitrogens with zero attached hydrogens (tertiary/aromatic N) is 1. The normalized spacial score (nSPS) is 12.3. The van der Waals surface area contributed by atoms with E-state index in [9.17, 15) is 0 Å². The highest BCUT2D eigenvalue weighted by atomic mass is 16.7. The molecule has 1 heterocycles. The van der Waals surface area contributed by atoms with E-state index in [2.05, 4.69) is 6.07 Å². The van der Waals surface area contributed by atoms with E-state index in [0.29, 0.717) is 17.2 Å². The van der Waals surface area contributed by atoms with Crippen molar-refractivity contribution in [2.45, 2.75) is 6.42 Å². The number of ether oxygens (including phenoxy) is 3. The number of hydrogen-bond acceptors (Lipinski definition) is 4. The van der Waals surface area contributed by atoms with Crippen LogP contribution in [0.4, 0.5) is 0 Å². The van der Waals surface area contributed by atoms with Crippen molar-refractivity contribution in [3.8, 4) is 23.3 Å². The Kier molecular flexibility index (Phi) is 2.15. The Morgan fingerprint density at radius 2 is 2.36 bits per heavy atom. The summed E-state index contributed by atoms with van der Waals surface area (Å²) in [7, 11) is 1.57. The van der Waals surface area contributed by atoms with Crippen LogP contribution in [0, 0.1) is 11.3 Å². The van der Waals surface area contributed by atoms with Crippen LogP contribution < -0.4 is 14.2 Å². The molecule has 1 aliphatic heterocycles. The van der Waals surface area contributed by atoms with Crippen LogP contribution in [0.15, 0.2) is 12.1 Å². The van der Waals surface area contributed by atoms with Gasteiger partial charge >= 0.3 is 0 Å². The Morgan fingerprint density at radius 1 is 1.50 bits per heavy atom. The van der Waals surface area contributed by atoms with Gasteiger partial charge in [0.15, 0.2) is 11.5 Å². The fraction of sp³-hybridized carbons (Fsp3) is 0.300. The van der Waals surface area contributed by atoms with Gasteiger partial charge in [-0.1, -0.05) is 0 Å². The fourth-order valence-corrected chi connectivity index (χ4v) is 1.45. The molecule has 72 valence electrons. The number of fused-ring (bicyclic) bond motifs is 1. The van der Waals surface area contributed by atoms with Crippen molar-refractivity contribution in [1.29, 1.82) is 5.26 Å². The molecule has 0 radical (unpaired) electrons. The molecule has 0 saturated heterocycles. The fourth-order valence-electron chi connectivity index (χ4n) is 1.45. The summed E-state index contributed by atoms with van der Waals surface area (Å²) >= 11 is 0. The van der Waals surface area contributed by atoms with E-state index in [0.717, 1.165) is 5.56 Å². The summed E-state index contributed by atoms with van der Waals surface area (Å²) in [5.74, 6) is 1.97. The molecule has 4 heteroatoms. The second-order valence-electron chi connectivity index (χ2n) is 2.82. The van der Waals surface area contributed by atoms with Gasteiger partial charge in [0.25, 0.3) is 0 Å². The Hall–Kier alpha value is -1.89. The highest BCUT2D eigenvalue weighted by Gasteiger charge is 2.20. The Bertz CT molecular complexity index is 395. The van der Waals surface area contributed by atoms with E-state index in [1.165, 1.54) is 0 Å². The van der Waals surface area contributed by atoms with Crippen LogP contribution in [0.5, 0.6) is 17.2 Å². The lowest BCUT2D eigenvalue weighted by Gasteiger charge is -2.07. The van der Waals surface area contributed by atoms with Crippen LogP contribution in [0.2, 0.25) is 0 Å². The van der Waals surface area contributed by atoms with Gasteiger partial charge in [-0.25, -0.2) is 0 Å². The number of methoxy groups -OCH3 is 1. The summed E-state index contributed by atoms with van der Waals surface area (Å²) in [4.78, 5) is 0. The molecule has 14 heavy (non-hydrogen) atoms. The smallest absolute Gasteiger partial charge is 0.231 e. The molecule has 1 aliphatic rings. The lowest BCUT2D eigenvalue weighted by atomic mass is 10.1. The standard InChI is InChI=1S/C10H9NO3/c1-12-8-2-3-9-10(14-6-13-9)7(8)4-5-11/h2-3H,4,6H2,1H3. The Morgan fingerprint density at radius 3 is 3.07 bits per heavy atom. The van der Waals surface area contributed by atoms with Gasteiger partial charge in [-0.3, -0.25) is 0 Å². The monoisotopic (exact) mass is 191 g/mol. The predicted molar refractivity (Wildman–Crippen MR) is 48.4 cm³/mol. The zero-order chi connectivity index (χ0) is 9.97. The zero-order valence-electron chi connectivity index (χ0n) is 7.74. The molecule has 4 nitrogen and oxygen atoms in total. The maximum Gasteiger partial charge on any atom is 0.231 e. The first-order valence-electron chi connectivity index (χ1n) is 4.19. The summed E-state index contributed by atoms with van der Waals surface area (Å²) < 4.78 is 15.6. The average Bonchev–Trinajstić information content (AvgIpc) is 2.67. The Balaban J connectivity index is 2.51. The van der Waals surface area contributed by atoms with Crippen LogP contribution in [0.25, 0.3) is 0 Å². The molecule has 0 unspecified atom stereocenters. The highest BCUT2D eigenvalue weighted by molar-refractivity contribution is 5.55. The minimum absolute atomic E-state index is 0.209. The molecule has 0 aromatic heterocycles. The van der Waals surface area contributed by atoms with E-state index >= 15 is 0 Å². The van der Waals surface area contributed by atoms with Crippen molar-refractivity contribution in [2.24, 2.45) is 0 Å². The first-order chi connectivity index (χ1) is 6.86. The van der Waals surface area contributed by atoms with Crippen molar-refractivity contribution < 1.29 is 14.2 Å². The molecule has 0 atom stereocenters. The van der Waals surface area contributed by atoms with Gasteiger partial charge in [-0.2, -0.15) is 5.26 Å². The second-order valence-corrected chi connectivity index (χ2v) is 2.82. The van der Waals surface area contributed by atoms with Gasteiger partial charge in [-0.05, 0) is 12.1 Å². The van der Waals surface area contributed by atoms with Crippen LogP contribution in [-0.4, -0.2) is 13.9 Å². The number of rotatable bonds is 2. The zero-order valence-corrected chi connectivity index (χ0v) is 7.74. The van der Waals surface area contributed by atoms with E-state index in [4.69, 9.17) is 19.5 Å². The van der Waals surface area contributed by atoms with Gasteiger partial charge in [0.2, 0.25) is 6.79 Å². The lowest BCUT2D eigenvalue weighted by Crippen LogP contribution is -1.95. The summed E-state index contributed by atoms with van der Waals surface area (Å²) in [6, 6.07) is 5.63. The maximum atomic E-state index is 8.67. The number of nitriles is 1. The maximum absolute atomic E-state index is 8.67. The predicted octanol–water partition coefficient (Wildman–Crippen LogP) is 1.49. The number of benzene rings is 1. The van der Waals surface area contributed by atoms with Crippen molar-refractivity contribution in [1.82, 2.24) is 0 Å². The van der Waals surface area contributed by atoms with Gasteiger partial charge in [-0.15, -0.1) is 0 Å². The van der Waals surface area contributed by atoms with E-state index in [1.807, 2.05) is 0 Å². The summed E-state index contributed by atoms with van der Waals surface area (Å²) in [6.07, 6.45) is 0.260. The minimum Gasteiger partial charge on any atom is -0.496 e. The molecule has 1 aromatic rings. The molecule has 1 aromatic carbocycles. The highest BCUT2D eigenvalue weighted by Crippen LogP contribution is 2.40. The quantitative estimate of drug-likeness (QED) is 0.710. The first kappa shape index (κ1) is 8.70. The second kappa shape index (κ2) is 3.46. The van der Waals surface area contributed by atoms with E-state index < -0.39 is 0 Å². The lowest BCUT2D eigenvalue weighted by molar-refractivity contribution is 0.173. The Labute approximate surface area is 81.6 Å². The van der Waals surface area contributed by atoms with Crippen LogP contribution in [0.1, 0.15) is 5.56 Å². The topological polar surface area (TPSA) is 51.5 Å². The molecule has 0 aliphatic carbocycles. The molecule has 0 fully saturated rings. The molecule has 0 saturated carbocycles. The summed E-state index contributed by atoms with van der Waals surface area (Å²) in [5.41, 5.74) is 0.755. The molecule has 0 N–H and O–H groups in total. The van der Waals surface area contributed by atoms with Crippen molar-refractivity contribution in [3.05, 3.63) is 17.7 Å². The molecular weight excluding hydrogens is 182 g/mol. The first-order valence-corrected chi connectivity index (χ1v) is 4.19. The van der Waals surface area contributed by atoms with Crippen molar-refractivity contribution in [3.63, 3.8) is 0 Å². The van der Waals surface area contributed by atoms with Crippen LogP contribution in [-0.2, 0) is 6.42 Å². The van der Waals surface area contributed by atoms with Gasteiger partial charge in [0, 0.05) is 0 Å². The summed E-state index contributed by atoms with van der Waals surface area (Å²) in [5, 5.41) is 8.67. The van der Waals surface area contributed by atoms with E-state index in [-0.39, 0.29) is 13.2 Å². The summed E-state index contributed by atoms with van der Waals surface area (Å²) in [6.45, 7) is 0.209. The van der Waals surface area contributed by atoms with Crippen molar-refractivity contribution in [2.75, 3.05) is 13.9 Å². The molecular formula is C10H9NO3. The molecule has 0 bridgehead atoms. The minimum atomic E-state index is 0.209. The average molecular weight is 191 g/mol. The third-order valence-electron chi connectivity index (χ3n) is 2.07. The van der Waals surface area contributed by atoms with Gasteiger partial charge in [0.05, 0.1) is 25.2 Å². The SMILES string of the molecule is COc1ccc2c(c1CC#N)OCO2. The van der Waals surface area contributed by atoms with Gasteiger partial charge < -0.3 is 14.2 Å². The van der Waals surface area contributed by atoms with Crippen LogP contribution >= 0.6 is 0 Å².